The van der Waals surface area contributed by atoms with Gasteiger partial charge in [-0.3, -0.25) is 9.59 Å². The normalized spacial score (nSPS) is 15.3. The van der Waals surface area contributed by atoms with E-state index in [0.717, 1.165) is 5.56 Å². The van der Waals surface area contributed by atoms with Gasteiger partial charge in [-0.2, -0.15) is 0 Å². The number of halogens is 1. The monoisotopic (exact) mass is 398 g/mol. The SMILES string of the molecule is CN(C)C(=O)C1(Cc2ccc(Cl)cc2)CN(C(=O)c2onc3ncccc23)C1. The summed E-state index contributed by atoms with van der Waals surface area (Å²) in [7, 11) is 3.46. The first-order valence-electron chi connectivity index (χ1n) is 8.85. The average molecular weight is 399 g/mol. The van der Waals surface area contributed by atoms with Crippen molar-refractivity contribution in [1.29, 1.82) is 0 Å². The van der Waals surface area contributed by atoms with E-state index in [1.54, 1.807) is 54.4 Å². The van der Waals surface area contributed by atoms with Gasteiger partial charge in [0.15, 0.2) is 0 Å². The number of nitrogens with zero attached hydrogens (tertiary/aromatic N) is 4. The summed E-state index contributed by atoms with van der Waals surface area (Å²) in [6.07, 6.45) is 2.12. The fourth-order valence-corrected chi connectivity index (χ4v) is 3.83. The zero-order chi connectivity index (χ0) is 19.9. The van der Waals surface area contributed by atoms with E-state index in [1.807, 2.05) is 12.1 Å². The molecule has 0 aliphatic carbocycles. The maximum Gasteiger partial charge on any atom is 0.293 e. The zero-order valence-corrected chi connectivity index (χ0v) is 16.3. The van der Waals surface area contributed by atoms with Crippen LogP contribution in [0.3, 0.4) is 0 Å². The van der Waals surface area contributed by atoms with Crippen molar-refractivity contribution in [3.8, 4) is 0 Å². The standard InChI is InChI=1S/C20H19ClN4O3/c1-24(2)19(27)20(10-13-5-7-14(21)8-6-13)11-25(12-20)18(26)16-15-4-3-9-22-17(15)23-28-16/h3-9H,10-12H2,1-2H3. The minimum atomic E-state index is -0.666. The minimum absolute atomic E-state index is 0.00408. The van der Waals surface area contributed by atoms with E-state index in [4.69, 9.17) is 16.1 Å². The second-order valence-corrected chi connectivity index (χ2v) is 7.77. The molecule has 0 saturated carbocycles. The third-order valence-electron chi connectivity index (χ3n) is 5.04. The van der Waals surface area contributed by atoms with Crippen LogP contribution in [0.2, 0.25) is 5.02 Å². The molecule has 3 heterocycles. The lowest BCUT2D eigenvalue weighted by Gasteiger charge is -2.49. The number of likely N-dealkylation sites (tertiary alicyclic amines) is 1. The van der Waals surface area contributed by atoms with Gasteiger partial charge in [0.1, 0.15) is 0 Å². The lowest BCUT2D eigenvalue weighted by Crippen LogP contribution is -2.65. The molecule has 1 aliphatic rings. The predicted octanol–water partition coefficient (Wildman–Crippen LogP) is 2.65. The number of benzene rings is 1. The lowest BCUT2D eigenvalue weighted by atomic mass is 9.73. The Labute approximate surface area is 166 Å². The van der Waals surface area contributed by atoms with E-state index >= 15 is 0 Å². The average Bonchev–Trinajstić information content (AvgIpc) is 3.09. The third kappa shape index (κ3) is 3.11. The van der Waals surface area contributed by atoms with Gasteiger partial charge in [-0.25, -0.2) is 4.98 Å². The van der Waals surface area contributed by atoms with Crippen LogP contribution in [0.15, 0.2) is 47.1 Å². The Morgan fingerprint density at radius 3 is 2.61 bits per heavy atom. The van der Waals surface area contributed by atoms with E-state index in [1.165, 1.54) is 0 Å². The number of carbonyl (C=O) groups excluding carboxylic acids is 2. The van der Waals surface area contributed by atoms with Crippen molar-refractivity contribution in [2.45, 2.75) is 6.42 Å². The summed E-state index contributed by atoms with van der Waals surface area (Å²) in [5.74, 6) is -0.134. The fraction of sp³-hybridized carbons (Fsp3) is 0.300. The Morgan fingerprint density at radius 1 is 1.21 bits per heavy atom. The number of hydrogen-bond donors (Lipinski definition) is 0. The molecule has 4 rings (SSSR count). The molecule has 0 spiro atoms. The molecule has 0 atom stereocenters. The predicted molar refractivity (Wildman–Crippen MR) is 104 cm³/mol. The molecule has 28 heavy (non-hydrogen) atoms. The van der Waals surface area contributed by atoms with Crippen LogP contribution in [-0.4, -0.2) is 58.9 Å². The number of rotatable bonds is 4. The number of fused-ring (bicyclic) bond motifs is 1. The Morgan fingerprint density at radius 2 is 1.93 bits per heavy atom. The molecule has 7 nitrogen and oxygen atoms in total. The van der Waals surface area contributed by atoms with Crippen LogP contribution < -0.4 is 0 Å². The Bertz CT molecular complexity index is 1040. The van der Waals surface area contributed by atoms with Gasteiger partial charge in [-0.1, -0.05) is 28.9 Å². The molecule has 0 N–H and O–H groups in total. The van der Waals surface area contributed by atoms with Crippen LogP contribution in [0.5, 0.6) is 0 Å². The Kier molecular flexibility index (Phi) is 4.55. The quantitative estimate of drug-likeness (QED) is 0.675. The third-order valence-corrected chi connectivity index (χ3v) is 5.29. The molecule has 8 heteroatoms. The summed E-state index contributed by atoms with van der Waals surface area (Å²) < 4.78 is 5.23. The summed E-state index contributed by atoms with van der Waals surface area (Å²) in [5.41, 5.74) is 0.727. The van der Waals surface area contributed by atoms with E-state index in [-0.39, 0.29) is 17.6 Å². The highest BCUT2D eigenvalue weighted by Gasteiger charge is 2.52. The van der Waals surface area contributed by atoms with Gasteiger partial charge in [0.2, 0.25) is 17.3 Å². The molecule has 0 radical (unpaired) electrons. The zero-order valence-electron chi connectivity index (χ0n) is 15.6. The number of pyridine rings is 1. The highest BCUT2D eigenvalue weighted by atomic mass is 35.5. The molecular formula is C20H19ClN4O3. The van der Waals surface area contributed by atoms with Crippen LogP contribution in [0.4, 0.5) is 0 Å². The maximum absolute atomic E-state index is 12.9. The van der Waals surface area contributed by atoms with Gasteiger partial charge < -0.3 is 14.3 Å². The van der Waals surface area contributed by atoms with Crippen LogP contribution in [0.25, 0.3) is 11.0 Å². The van der Waals surface area contributed by atoms with E-state index in [2.05, 4.69) is 10.1 Å². The fourth-order valence-electron chi connectivity index (χ4n) is 3.70. The Balaban J connectivity index is 1.57. The highest BCUT2D eigenvalue weighted by molar-refractivity contribution is 6.30. The molecule has 1 aliphatic heterocycles. The van der Waals surface area contributed by atoms with Crippen molar-refractivity contribution in [1.82, 2.24) is 19.9 Å². The first-order valence-corrected chi connectivity index (χ1v) is 9.23. The summed E-state index contributed by atoms with van der Waals surface area (Å²) in [4.78, 5) is 33.1. The summed E-state index contributed by atoms with van der Waals surface area (Å²) in [5, 5.41) is 5.05. The minimum Gasteiger partial charge on any atom is -0.348 e. The van der Waals surface area contributed by atoms with Gasteiger partial charge in [-0.15, -0.1) is 0 Å². The van der Waals surface area contributed by atoms with Gasteiger partial charge in [-0.05, 0) is 36.2 Å². The van der Waals surface area contributed by atoms with Crippen molar-refractivity contribution in [2.24, 2.45) is 5.41 Å². The molecule has 2 amide bonds. The number of aromatic nitrogens is 2. The lowest BCUT2D eigenvalue weighted by molar-refractivity contribution is -0.148. The summed E-state index contributed by atoms with van der Waals surface area (Å²) in [6, 6.07) is 10.9. The van der Waals surface area contributed by atoms with E-state index < -0.39 is 5.41 Å². The highest BCUT2D eigenvalue weighted by Crippen LogP contribution is 2.37. The molecule has 2 aromatic heterocycles. The number of amides is 2. The second-order valence-electron chi connectivity index (χ2n) is 7.33. The van der Waals surface area contributed by atoms with Gasteiger partial charge in [0.05, 0.1) is 10.8 Å². The van der Waals surface area contributed by atoms with Crippen molar-refractivity contribution in [3.63, 3.8) is 0 Å². The van der Waals surface area contributed by atoms with Crippen molar-refractivity contribution >= 4 is 34.4 Å². The van der Waals surface area contributed by atoms with Crippen LogP contribution in [0, 0.1) is 5.41 Å². The van der Waals surface area contributed by atoms with E-state index in [0.29, 0.717) is 35.6 Å². The molecular weight excluding hydrogens is 380 g/mol. The van der Waals surface area contributed by atoms with Crippen molar-refractivity contribution in [3.05, 3.63) is 58.9 Å². The Hall–Kier alpha value is -2.93. The molecule has 1 aromatic carbocycles. The first-order chi connectivity index (χ1) is 13.4. The smallest absolute Gasteiger partial charge is 0.293 e. The van der Waals surface area contributed by atoms with Gasteiger partial charge in [0.25, 0.3) is 5.91 Å². The van der Waals surface area contributed by atoms with Crippen molar-refractivity contribution < 1.29 is 14.1 Å². The second kappa shape index (κ2) is 6.91. The van der Waals surface area contributed by atoms with Crippen LogP contribution in [-0.2, 0) is 11.2 Å². The van der Waals surface area contributed by atoms with Crippen LogP contribution >= 0.6 is 11.6 Å². The molecule has 1 saturated heterocycles. The maximum atomic E-state index is 12.9. The van der Waals surface area contributed by atoms with Gasteiger partial charge >= 0.3 is 0 Å². The summed E-state index contributed by atoms with van der Waals surface area (Å²) in [6.45, 7) is 0.627. The summed E-state index contributed by atoms with van der Waals surface area (Å²) >= 11 is 5.96. The topological polar surface area (TPSA) is 79.5 Å². The van der Waals surface area contributed by atoms with Crippen LogP contribution in [0.1, 0.15) is 16.1 Å². The number of hydrogen-bond acceptors (Lipinski definition) is 5. The largest absolute Gasteiger partial charge is 0.348 e. The van der Waals surface area contributed by atoms with Crippen molar-refractivity contribution in [2.75, 3.05) is 27.2 Å². The molecule has 3 aromatic rings. The first kappa shape index (κ1) is 18.4. The number of carbonyl (C=O) groups is 2. The molecule has 1 fully saturated rings. The molecule has 144 valence electrons. The molecule has 0 bridgehead atoms. The molecule has 0 unspecified atom stereocenters. The van der Waals surface area contributed by atoms with E-state index in [9.17, 15) is 9.59 Å². The van der Waals surface area contributed by atoms with Gasteiger partial charge in [0, 0.05) is 38.4 Å².